The van der Waals surface area contributed by atoms with Gasteiger partial charge in [0.2, 0.25) is 0 Å². The molecule has 0 spiro atoms. The predicted molar refractivity (Wildman–Crippen MR) is 42.8 cm³/mol. The molecule has 0 aliphatic carbocycles. The smallest absolute Gasteiger partial charge is 0.262 e. The molecule has 7 heteroatoms. The normalized spacial score (nSPS) is 9.08. The van der Waals surface area contributed by atoms with Crippen LogP contribution in [0, 0.1) is 0 Å². The number of carbonyl (C=O) groups excluding carboxylic acids is 1. The van der Waals surface area contributed by atoms with Crippen molar-refractivity contribution in [3.63, 3.8) is 0 Å². The molecule has 0 aromatic carbocycles. The molecule has 0 radical (unpaired) electrons. The Labute approximate surface area is 72.0 Å². The third-order valence-corrected chi connectivity index (χ3v) is 1.98. The van der Waals surface area contributed by atoms with Gasteiger partial charge in [0, 0.05) is 4.91 Å². The Morgan fingerprint density at radius 1 is 1.83 bits per heavy atom. The minimum Gasteiger partial charge on any atom is -0.286 e. The van der Waals surface area contributed by atoms with E-state index in [4.69, 9.17) is 5.53 Å². The van der Waals surface area contributed by atoms with Crippen molar-refractivity contribution in [1.82, 2.24) is 9.59 Å². The van der Waals surface area contributed by atoms with Crippen molar-refractivity contribution in [2.45, 2.75) is 13.3 Å². The lowest BCUT2D eigenvalue weighted by atomic mass is 10.3. The molecule has 1 aromatic heterocycles. The van der Waals surface area contributed by atoms with E-state index in [1.54, 1.807) is 0 Å². The number of nitrogens with zero attached hydrogens (tertiary/aromatic N) is 5. The fraction of sp³-hybridized carbons (Fsp3) is 0.400. The van der Waals surface area contributed by atoms with Gasteiger partial charge >= 0.3 is 0 Å². The number of aryl methyl sites for hydroxylation is 1. The van der Waals surface area contributed by atoms with Crippen LogP contribution in [0.15, 0.2) is 5.11 Å². The molecule has 0 bridgehead atoms. The quantitative estimate of drug-likeness (QED) is 0.395. The molecule has 0 saturated heterocycles. The molecule has 0 aliphatic heterocycles. The van der Waals surface area contributed by atoms with Crippen LogP contribution in [-0.2, 0) is 6.42 Å². The summed E-state index contributed by atoms with van der Waals surface area (Å²) in [6, 6.07) is 0. The van der Waals surface area contributed by atoms with Gasteiger partial charge in [0.25, 0.3) is 5.91 Å². The largest absolute Gasteiger partial charge is 0.286 e. The van der Waals surface area contributed by atoms with Gasteiger partial charge in [-0.2, -0.15) is 0 Å². The Morgan fingerprint density at radius 2 is 2.58 bits per heavy atom. The Morgan fingerprint density at radius 3 is 3.17 bits per heavy atom. The second-order valence-corrected chi connectivity index (χ2v) is 2.65. The Balaban J connectivity index is 3.01. The van der Waals surface area contributed by atoms with E-state index in [1.807, 2.05) is 6.92 Å². The average Bonchev–Trinajstić information content (AvgIpc) is 2.51. The third-order valence-electron chi connectivity index (χ3n) is 1.22. The zero-order chi connectivity index (χ0) is 8.97. The average molecular weight is 183 g/mol. The van der Waals surface area contributed by atoms with Gasteiger partial charge in [0.15, 0.2) is 0 Å². The van der Waals surface area contributed by atoms with Gasteiger partial charge in [-0.1, -0.05) is 11.4 Å². The van der Waals surface area contributed by atoms with Crippen molar-refractivity contribution in [3.8, 4) is 0 Å². The molecule has 1 heterocycles. The topological polar surface area (TPSA) is 91.6 Å². The van der Waals surface area contributed by atoms with Gasteiger partial charge in [0.1, 0.15) is 4.88 Å². The summed E-state index contributed by atoms with van der Waals surface area (Å²) in [5.74, 6) is -0.607. The lowest BCUT2D eigenvalue weighted by Gasteiger charge is -1.88. The molecule has 1 rings (SSSR count). The molecule has 0 N–H and O–H groups in total. The standard InChI is InChI=1S/C5H5N5OS/c1-2-3-4(12-10-7-3)5(11)8-9-6/h2H2,1H3. The molecule has 0 atom stereocenters. The zero-order valence-electron chi connectivity index (χ0n) is 6.26. The molecule has 0 unspecified atom stereocenters. The molecule has 6 nitrogen and oxygen atoms in total. The second kappa shape index (κ2) is 3.80. The molecule has 0 aliphatic rings. The lowest BCUT2D eigenvalue weighted by molar-refractivity contribution is 0.100. The van der Waals surface area contributed by atoms with Crippen molar-refractivity contribution >= 4 is 17.4 Å². The monoisotopic (exact) mass is 183 g/mol. The van der Waals surface area contributed by atoms with Gasteiger partial charge in [-0.3, -0.25) is 4.79 Å². The Hall–Kier alpha value is -1.46. The molecule has 1 amide bonds. The summed E-state index contributed by atoms with van der Waals surface area (Å²) in [7, 11) is 0. The van der Waals surface area contributed by atoms with Gasteiger partial charge in [0.05, 0.1) is 5.69 Å². The van der Waals surface area contributed by atoms with E-state index in [9.17, 15) is 4.79 Å². The molecule has 0 saturated carbocycles. The van der Waals surface area contributed by atoms with Crippen LogP contribution in [0.1, 0.15) is 22.3 Å². The number of amides is 1. The van der Waals surface area contributed by atoms with Crippen LogP contribution in [0.5, 0.6) is 0 Å². The van der Waals surface area contributed by atoms with Crippen LogP contribution in [0.4, 0.5) is 0 Å². The number of aromatic nitrogens is 2. The Bertz CT molecular complexity index is 339. The minimum absolute atomic E-state index is 0.329. The zero-order valence-corrected chi connectivity index (χ0v) is 7.08. The van der Waals surface area contributed by atoms with E-state index in [0.717, 1.165) is 11.5 Å². The van der Waals surface area contributed by atoms with Crippen LogP contribution in [-0.4, -0.2) is 15.5 Å². The van der Waals surface area contributed by atoms with Crippen LogP contribution in [0.2, 0.25) is 0 Å². The summed E-state index contributed by atoms with van der Waals surface area (Å²) in [6.45, 7) is 1.85. The molecule has 62 valence electrons. The summed E-state index contributed by atoms with van der Waals surface area (Å²) < 4.78 is 3.58. The van der Waals surface area contributed by atoms with E-state index >= 15 is 0 Å². The minimum atomic E-state index is -0.607. The SMILES string of the molecule is CCc1nnsc1C(=O)N=[N+]=[N-]. The highest BCUT2D eigenvalue weighted by molar-refractivity contribution is 7.08. The highest BCUT2D eigenvalue weighted by Crippen LogP contribution is 2.12. The first-order valence-electron chi connectivity index (χ1n) is 3.20. The summed E-state index contributed by atoms with van der Waals surface area (Å²) in [5.41, 5.74) is 8.58. The van der Waals surface area contributed by atoms with Crippen molar-refractivity contribution in [1.29, 1.82) is 0 Å². The van der Waals surface area contributed by atoms with Gasteiger partial charge in [-0.15, -0.1) is 5.10 Å². The number of hydrogen-bond acceptors (Lipinski definition) is 4. The van der Waals surface area contributed by atoms with Crippen LogP contribution >= 0.6 is 11.5 Å². The molecule has 12 heavy (non-hydrogen) atoms. The fourth-order valence-corrected chi connectivity index (χ4v) is 1.32. The Kier molecular flexibility index (Phi) is 2.73. The van der Waals surface area contributed by atoms with Crippen molar-refractivity contribution in [3.05, 3.63) is 21.0 Å². The fourth-order valence-electron chi connectivity index (χ4n) is 0.688. The van der Waals surface area contributed by atoms with Gasteiger partial charge in [-0.25, -0.2) is 0 Å². The maximum absolute atomic E-state index is 11.0. The van der Waals surface area contributed by atoms with Gasteiger partial charge < -0.3 is 0 Å². The first-order chi connectivity index (χ1) is 5.79. The first-order valence-corrected chi connectivity index (χ1v) is 3.97. The number of carbonyl (C=O) groups is 1. The highest BCUT2D eigenvalue weighted by Gasteiger charge is 2.12. The van der Waals surface area contributed by atoms with Crippen molar-refractivity contribution in [2.75, 3.05) is 0 Å². The van der Waals surface area contributed by atoms with Crippen LogP contribution in [0.3, 0.4) is 0 Å². The maximum atomic E-state index is 11.0. The molecular formula is C5H5N5OS. The van der Waals surface area contributed by atoms with E-state index < -0.39 is 5.91 Å². The second-order valence-electron chi connectivity index (χ2n) is 1.90. The summed E-state index contributed by atoms with van der Waals surface area (Å²) in [4.78, 5) is 13.7. The van der Waals surface area contributed by atoms with Crippen LogP contribution < -0.4 is 0 Å². The first kappa shape index (κ1) is 8.63. The molecular weight excluding hydrogens is 178 g/mol. The number of rotatable bonds is 2. The van der Waals surface area contributed by atoms with E-state index in [2.05, 4.69) is 19.6 Å². The summed E-state index contributed by atoms with van der Waals surface area (Å²) >= 11 is 0.947. The van der Waals surface area contributed by atoms with Gasteiger partial charge in [-0.05, 0) is 28.6 Å². The van der Waals surface area contributed by atoms with E-state index in [1.165, 1.54) is 0 Å². The number of azide groups is 1. The lowest BCUT2D eigenvalue weighted by Crippen LogP contribution is -1.94. The third kappa shape index (κ3) is 1.58. The summed E-state index contributed by atoms with van der Waals surface area (Å²) in [5, 5.41) is 6.65. The molecule has 0 fully saturated rings. The van der Waals surface area contributed by atoms with Crippen LogP contribution in [0.25, 0.3) is 10.4 Å². The number of hydrogen-bond donors (Lipinski definition) is 0. The van der Waals surface area contributed by atoms with Crippen molar-refractivity contribution in [2.24, 2.45) is 5.11 Å². The van der Waals surface area contributed by atoms with E-state index in [-0.39, 0.29) is 0 Å². The summed E-state index contributed by atoms with van der Waals surface area (Å²) in [6.07, 6.45) is 0.610. The van der Waals surface area contributed by atoms with Crippen molar-refractivity contribution < 1.29 is 4.79 Å². The van der Waals surface area contributed by atoms with E-state index in [0.29, 0.717) is 17.0 Å². The maximum Gasteiger partial charge on any atom is 0.262 e. The predicted octanol–water partition coefficient (Wildman–Crippen LogP) is 1.55. The molecule has 1 aromatic rings. The highest BCUT2D eigenvalue weighted by atomic mass is 32.1.